The smallest absolute Gasteiger partial charge is 0.236 e. The van der Waals surface area contributed by atoms with Gasteiger partial charge in [-0.3, -0.25) is 19.4 Å². The van der Waals surface area contributed by atoms with Crippen LogP contribution in [-0.4, -0.2) is 61.4 Å². The zero-order valence-corrected chi connectivity index (χ0v) is 18.4. The molecule has 0 spiro atoms. The number of nitrogens with one attached hydrogen (secondary N) is 2. The van der Waals surface area contributed by atoms with Gasteiger partial charge in [-0.25, -0.2) is 0 Å². The Morgan fingerprint density at radius 1 is 0.645 bits per heavy atom. The highest BCUT2D eigenvalue weighted by atomic mass is 16.2. The highest BCUT2D eigenvalue weighted by Gasteiger charge is 2.14. The summed E-state index contributed by atoms with van der Waals surface area (Å²) in [4.78, 5) is 38.6. The number of aliphatic imine (C=N–C) groups is 1. The molecule has 0 radical (unpaired) electrons. The standard InChI is InChI=1S/C19H41N9O3/c20-13(16(23)29)7-1-4-10-26-17(30)14(21)8-2-5-11-27-18(31)15(22)9-3-6-12-28-19(24)25/h13-15H,1-12,20-22H2,(H2,23,29)(H,26,30)(H,27,31)(H4,24,25,28)/t13?,14-,15-/m0/s1. The van der Waals surface area contributed by atoms with Crippen LogP contribution >= 0.6 is 0 Å². The Morgan fingerprint density at radius 2 is 1.06 bits per heavy atom. The Labute approximate surface area is 184 Å². The molecule has 0 rings (SSSR count). The normalized spacial score (nSPS) is 13.6. The van der Waals surface area contributed by atoms with Crippen molar-refractivity contribution in [3.05, 3.63) is 0 Å². The second kappa shape index (κ2) is 17.3. The number of rotatable bonds is 18. The molecule has 0 aromatic rings. The van der Waals surface area contributed by atoms with Crippen LogP contribution in [0.2, 0.25) is 0 Å². The minimum absolute atomic E-state index is 0.0570. The molecule has 0 saturated heterocycles. The fourth-order valence-electron chi connectivity index (χ4n) is 2.75. The SMILES string of the molecule is NC(=O)C(N)CCCCNC(=O)[C@@H](N)CCCCNC(=O)[C@@H](N)CCCCN=C(N)N. The fraction of sp³-hybridized carbons (Fsp3) is 0.789. The topological polar surface area (TPSA) is 244 Å². The molecule has 0 fully saturated rings. The van der Waals surface area contributed by atoms with E-state index in [2.05, 4.69) is 15.6 Å². The Kier molecular flexibility index (Phi) is 15.9. The lowest BCUT2D eigenvalue weighted by molar-refractivity contribution is -0.123. The van der Waals surface area contributed by atoms with Gasteiger partial charge in [-0.2, -0.15) is 0 Å². The van der Waals surface area contributed by atoms with E-state index >= 15 is 0 Å². The number of nitrogens with two attached hydrogens (primary N) is 6. The average molecular weight is 444 g/mol. The summed E-state index contributed by atoms with van der Waals surface area (Å²) in [5, 5.41) is 5.56. The molecule has 31 heavy (non-hydrogen) atoms. The number of amides is 3. The Hall–Kier alpha value is -2.44. The van der Waals surface area contributed by atoms with Gasteiger partial charge in [0.2, 0.25) is 17.7 Å². The van der Waals surface area contributed by atoms with Gasteiger partial charge in [0, 0.05) is 19.6 Å². The van der Waals surface area contributed by atoms with Gasteiger partial charge in [-0.05, 0) is 57.8 Å². The first-order chi connectivity index (χ1) is 14.6. The highest BCUT2D eigenvalue weighted by Crippen LogP contribution is 2.02. The molecular weight excluding hydrogens is 402 g/mol. The molecule has 3 amide bonds. The van der Waals surface area contributed by atoms with Crippen molar-refractivity contribution >= 4 is 23.7 Å². The molecule has 14 N–H and O–H groups in total. The molecular formula is C19H41N9O3. The van der Waals surface area contributed by atoms with E-state index in [1.165, 1.54) is 0 Å². The number of nitrogens with zero attached hydrogens (tertiary/aromatic N) is 1. The summed E-state index contributed by atoms with van der Waals surface area (Å²) in [7, 11) is 0. The predicted molar refractivity (Wildman–Crippen MR) is 121 cm³/mol. The van der Waals surface area contributed by atoms with Gasteiger partial charge in [-0.1, -0.05) is 0 Å². The van der Waals surface area contributed by atoms with Crippen molar-refractivity contribution in [2.75, 3.05) is 19.6 Å². The van der Waals surface area contributed by atoms with Crippen molar-refractivity contribution in [2.45, 2.75) is 75.9 Å². The molecule has 0 aliphatic rings. The van der Waals surface area contributed by atoms with E-state index < -0.39 is 24.0 Å². The van der Waals surface area contributed by atoms with Crippen molar-refractivity contribution in [1.29, 1.82) is 0 Å². The van der Waals surface area contributed by atoms with E-state index in [1.807, 2.05) is 0 Å². The van der Waals surface area contributed by atoms with Crippen LogP contribution in [0.15, 0.2) is 4.99 Å². The maximum atomic E-state index is 12.0. The molecule has 0 aromatic heterocycles. The molecule has 0 saturated carbocycles. The van der Waals surface area contributed by atoms with Crippen LogP contribution in [-0.2, 0) is 14.4 Å². The van der Waals surface area contributed by atoms with Crippen molar-refractivity contribution in [3.63, 3.8) is 0 Å². The average Bonchev–Trinajstić information content (AvgIpc) is 2.71. The first kappa shape index (κ1) is 28.6. The van der Waals surface area contributed by atoms with Crippen LogP contribution in [0.5, 0.6) is 0 Å². The minimum Gasteiger partial charge on any atom is -0.370 e. The van der Waals surface area contributed by atoms with Gasteiger partial charge in [0.1, 0.15) is 0 Å². The molecule has 0 aliphatic carbocycles. The van der Waals surface area contributed by atoms with E-state index in [9.17, 15) is 14.4 Å². The number of carbonyl (C=O) groups excluding carboxylic acids is 3. The van der Waals surface area contributed by atoms with Crippen molar-refractivity contribution < 1.29 is 14.4 Å². The fourth-order valence-corrected chi connectivity index (χ4v) is 2.75. The summed E-state index contributed by atoms with van der Waals surface area (Å²) in [6, 6.07) is -1.82. The van der Waals surface area contributed by atoms with Crippen LogP contribution in [0, 0.1) is 0 Å². The number of primary amides is 1. The number of carbonyl (C=O) groups is 3. The van der Waals surface area contributed by atoms with Crippen LogP contribution in [0.25, 0.3) is 0 Å². The molecule has 1 unspecified atom stereocenters. The third-order valence-electron chi connectivity index (χ3n) is 4.74. The zero-order valence-electron chi connectivity index (χ0n) is 18.4. The van der Waals surface area contributed by atoms with Crippen LogP contribution in [0.3, 0.4) is 0 Å². The summed E-state index contributed by atoms with van der Waals surface area (Å²) < 4.78 is 0. The zero-order chi connectivity index (χ0) is 23.6. The lowest BCUT2D eigenvalue weighted by Crippen LogP contribution is -2.42. The van der Waals surface area contributed by atoms with E-state index in [1.54, 1.807) is 0 Å². The number of hydrogen-bond acceptors (Lipinski definition) is 7. The van der Waals surface area contributed by atoms with Crippen LogP contribution in [0.4, 0.5) is 0 Å². The first-order valence-electron chi connectivity index (χ1n) is 10.8. The second-order valence-electron chi connectivity index (χ2n) is 7.60. The molecule has 12 nitrogen and oxygen atoms in total. The van der Waals surface area contributed by atoms with Gasteiger partial charge in [-0.15, -0.1) is 0 Å². The largest absolute Gasteiger partial charge is 0.370 e. The van der Waals surface area contributed by atoms with Gasteiger partial charge in [0.05, 0.1) is 18.1 Å². The lowest BCUT2D eigenvalue weighted by Gasteiger charge is -2.14. The van der Waals surface area contributed by atoms with Crippen molar-refractivity contribution in [2.24, 2.45) is 39.4 Å². The number of unbranched alkanes of at least 4 members (excludes halogenated alkanes) is 3. The maximum Gasteiger partial charge on any atom is 0.236 e. The second-order valence-corrected chi connectivity index (χ2v) is 7.60. The highest BCUT2D eigenvalue weighted by molar-refractivity contribution is 5.82. The molecule has 0 heterocycles. The van der Waals surface area contributed by atoms with Gasteiger partial charge >= 0.3 is 0 Å². The quantitative estimate of drug-likeness (QED) is 0.0635. The molecule has 0 aliphatic heterocycles. The van der Waals surface area contributed by atoms with Crippen LogP contribution < -0.4 is 45.0 Å². The van der Waals surface area contributed by atoms with Crippen molar-refractivity contribution in [1.82, 2.24) is 10.6 Å². The molecule has 3 atom stereocenters. The van der Waals surface area contributed by atoms with E-state index in [-0.39, 0.29) is 17.8 Å². The monoisotopic (exact) mass is 443 g/mol. The summed E-state index contributed by atoms with van der Waals surface area (Å²) >= 11 is 0. The third kappa shape index (κ3) is 16.0. The minimum atomic E-state index is -0.649. The summed E-state index contributed by atoms with van der Waals surface area (Å²) in [6.07, 6.45) is 5.89. The summed E-state index contributed by atoms with van der Waals surface area (Å²) in [5.74, 6) is -0.879. The lowest BCUT2D eigenvalue weighted by atomic mass is 10.1. The van der Waals surface area contributed by atoms with Gasteiger partial charge in [0.15, 0.2) is 5.96 Å². The van der Waals surface area contributed by atoms with Crippen LogP contribution in [0.1, 0.15) is 57.8 Å². The predicted octanol–water partition coefficient (Wildman–Crippen LogP) is -2.53. The third-order valence-corrected chi connectivity index (χ3v) is 4.74. The maximum absolute atomic E-state index is 12.0. The summed E-state index contributed by atoms with van der Waals surface area (Å²) in [5.41, 5.74) is 32.8. The van der Waals surface area contributed by atoms with Gasteiger partial charge in [0.25, 0.3) is 0 Å². The molecule has 0 aromatic carbocycles. The van der Waals surface area contributed by atoms with Gasteiger partial charge < -0.3 is 45.0 Å². The number of guanidine groups is 1. The van der Waals surface area contributed by atoms with Crippen molar-refractivity contribution in [3.8, 4) is 0 Å². The first-order valence-corrected chi connectivity index (χ1v) is 10.8. The molecule has 12 heteroatoms. The molecule has 180 valence electrons. The van der Waals surface area contributed by atoms with E-state index in [0.717, 1.165) is 12.8 Å². The summed E-state index contributed by atoms with van der Waals surface area (Å²) in [6.45, 7) is 1.47. The Balaban J connectivity index is 3.73. The van der Waals surface area contributed by atoms with E-state index in [4.69, 9.17) is 34.4 Å². The molecule has 0 bridgehead atoms. The Morgan fingerprint density at radius 3 is 1.48 bits per heavy atom. The Bertz CT molecular complexity index is 568. The number of hydrogen-bond donors (Lipinski definition) is 8. The van der Waals surface area contributed by atoms with E-state index in [0.29, 0.717) is 64.6 Å².